The molecule has 6 nitrogen and oxygen atoms in total. The molecule has 2 N–H and O–H groups in total. The average Bonchev–Trinajstić information content (AvgIpc) is 2.34. The van der Waals surface area contributed by atoms with Crippen molar-refractivity contribution in [2.75, 3.05) is 30.4 Å². The molecule has 0 aliphatic heterocycles. The van der Waals surface area contributed by atoms with Gasteiger partial charge in [-0.3, -0.25) is 4.79 Å². The van der Waals surface area contributed by atoms with Crippen molar-refractivity contribution in [3.63, 3.8) is 0 Å². The minimum atomic E-state index is -0.904. The Morgan fingerprint density at radius 2 is 2.32 bits per heavy atom. The molecule has 2 rings (SSSR count). The topological polar surface area (TPSA) is 78.4 Å². The van der Waals surface area contributed by atoms with Crippen LogP contribution in [-0.2, 0) is 4.79 Å². The molecule has 0 aromatic carbocycles. The fourth-order valence-corrected chi connectivity index (χ4v) is 2.09. The zero-order valence-corrected chi connectivity index (χ0v) is 11.2. The Morgan fingerprint density at radius 1 is 1.53 bits per heavy atom. The summed E-state index contributed by atoms with van der Waals surface area (Å²) in [6.45, 7) is 0.836. The predicted octanol–water partition coefficient (Wildman–Crippen LogP) is 1.60. The largest absolute Gasteiger partial charge is 0.480 e. The van der Waals surface area contributed by atoms with Crippen LogP contribution in [0.5, 0.6) is 0 Å². The molecule has 6 heteroatoms. The van der Waals surface area contributed by atoms with Gasteiger partial charge >= 0.3 is 5.97 Å². The maximum atomic E-state index is 10.5. The third-order valence-corrected chi connectivity index (χ3v) is 3.56. The van der Waals surface area contributed by atoms with E-state index < -0.39 is 5.97 Å². The van der Waals surface area contributed by atoms with Gasteiger partial charge in [-0.2, -0.15) is 0 Å². The highest BCUT2D eigenvalue weighted by molar-refractivity contribution is 5.72. The lowest BCUT2D eigenvalue weighted by molar-refractivity contribution is -0.134. The quantitative estimate of drug-likeness (QED) is 0.779. The Hall–Kier alpha value is -1.85. The van der Waals surface area contributed by atoms with Crippen LogP contribution in [0.3, 0.4) is 0 Å². The number of rotatable bonds is 7. The van der Waals surface area contributed by atoms with E-state index in [0.717, 1.165) is 18.3 Å². The lowest BCUT2D eigenvalue weighted by Crippen LogP contribution is -2.24. The van der Waals surface area contributed by atoms with Gasteiger partial charge in [0.1, 0.15) is 24.5 Å². The molecule has 0 unspecified atom stereocenters. The van der Waals surface area contributed by atoms with Crippen LogP contribution in [0.25, 0.3) is 0 Å². The van der Waals surface area contributed by atoms with E-state index >= 15 is 0 Å². The van der Waals surface area contributed by atoms with Gasteiger partial charge in [0.05, 0.1) is 0 Å². The highest BCUT2D eigenvalue weighted by atomic mass is 16.4. The molecule has 0 atom stereocenters. The lowest BCUT2D eigenvalue weighted by atomic mass is 9.83. The summed E-state index contributed by atoms with van der Waals surface area (Å²) in [6.07, 6.45) is 6.72. The van der Waals surface area contributed by atoms with Crippen LogP contribution in [0, 0.1) is 5.92 Å². The van der Waals surface area contributed by atoms with Crippen LogP contribution in [0.1, 0.15) is 25.7 Å². The number of carbonyl (C=O) groups is 1. The summed E-state index contributed by atoms with van der Waals surface area (Å²) in [4.78, 5) is 20.8. The van der Waals surface area contributed by atoms with Gasteiger partial charge < -0.3 is 15.3 Å². The van der Waals surface area contributed by atoms with Crippen molar-refractivity contribution in [2.45, 2.75) is 25.7 Å². The number of nitrogens with one attached hydrogen (secondary N) is 1. The number of aliphatic carboxylic acids is 1. The monoisotopic (exact) mass is 264 g/mol. The van der Waals surface area contributed by atoms with Crippen LogP contribution in [0.15, 0.2) is 12.4 Å². The van der Waals surface area contributed by atoms with Crippen molar-refractivity contribution in [1.29, 1.82) is 0 Å². The third kappa shape index (κ3) is 4.08. The minimum absolute atomic E-state index is 0.137. The Labute approximate surface area is 112 Å². The number of anilines is 2. The summed E-state index contributed by atoms with van der Waals surface area (Å²) in [7, 11) is 2.00. The van der Waals surface area contributed by atoms with E-state index in [2.05, 4.69) is 20.2 Å². The summed E-state index contributed by atoms with van der Waals surface area (Å²) in [5.74, 6) is 1.33. The molecule has 1 aromatic rings. The number of hydrogen-bond acceptors (Lipinski definition) is 5. The summed E-state index contributed by atoms with van der Waals surface area (Å²) in [5.41, 5.74) is 0. The van der Waals surface area contributed by atoms with Crippen molar-refractivity contribution in [3.8, 4) is 0 Å². The van der Waals surface area contributed by atoms with Gasteiger partial charge in [0.25, 0.3) is 0 Å². The van der Waals surface area contributed by atoms with Crippen molar-refractivity contribution in [3.05, 3.63) is 12.4 Å². The smallest absolute Gasteiger partial charge is 0.322 e. The second kappa shape index (κ2) is 6.36. The van der Waals surface area contributed by atoms with E-state index in [-0.39, 0.29) is 6.54 Å². The van der Waals surface area contributed by atoms with Gasteiger partial charge in [-0.1, -0.05) is 19.3 Å². The van der Waals surface area contributed by atoms with Crippen molar-refractivity contribution in [2.24, 2.45) is 5.92 Å². The van der Waals surface area contributed by atoms with Crippen LogP contribution in [-0.4, -0.2) is 41.2 Å². The number of aromatic nitrogens is 2. The van der Waals surface area contributed by atoms with Crippen molar-refractivity contribution >= 4 is 17.6 Å². The molecule has 1 heterocycles. The molecule has 0 saturated heterocycles. The second-order valence-corrected chi connectivity index (χ2v) is 5.02. The van der Waals surface area contributed by atoms with E-state index in [1.165, 1.54) is 32.0 Å². The highest BCUT2D eigenvalue weighted by Gasteiger charge is 2.17. The molecule has 0 amide bonds. The molecule has 1 fully saturated rings. The van der Waals surface area contributed by atoms with Crippen LogP contribution in [0.2, 0.25) is 0 Å². The molecule has 0 bridgehead atoms. The van der Waals surface area contributed by atoms with Crippen LogP contribution < -0.4 is 10.2 Å². The molecule has 104 valence electrons. The van der Waals surface area contributed by atoms with Crippen LogP contribution in [0.4, 0.5) is 11.6 Å². The van der Waals surface area contributed by atoms with E-state index in [0.29, 0.717) is 5.82 Å². The first-order valence-electron chi connectivity index (χ1n) is 6.64. The zero-order chi connectivity index (χ0) is 13.7. The normalized spacial score (nSPS) is 14.8. The highest BCUT2D eigenvalue weighted by Crippen LogP contribution is 2.29. The van der Waals surface area contributed by atoms with Gasteiger partial charge in [0.15, 0.2) is 0 Å². The minimum Gasteiger partial charge on any atom is -0.480 e. The molecule has 1 saturated carbocycles. The van der Waals surface area contributed by atoms with E-state index in [1.54, 1.807) is 6.07 Å². The number of carboxylic acids is 1. The van der Waals surface area contributed by atoms with Gasteiger partial charge in [-0.25, -0.2) is 9.97 Å². The summed E-state index contributed by atoms with van der Waals surface area (Å²) in [5, 5.41) is 11.4. The summed E-state index contributed by atoms with van der Waals surface area (Å²) in [6, 6.07) is 1.78. The Kier molecular flexibility index (Phi) is 4.54. The summed E-state index contributed by atoms with van der Waals surface area (Å²) < 4.78 is 0. The maximum absolute atomic E-state index is 10.5. The molecular weight excluding hydrogens is 244 g/mol. The first-order chi connectivity index (χ1) is 9.15. The third-order valence-electron chi connectivity index (χ3n) is 3.56. The number of hydrogen-bond donors (Lipinski definition) is 2. The standard InChI is InChI=1S/C13H20N4O2/c1-17(6-5-10-3-2-4-10)12-7-11(15-9-16-12)14-8-13(18)19/h7,9-10H,2-6,8H2,1H3,(H,18,19)(H,14,15,16). The van der Waals surface area contributed by atoms with E-state index in [4.69, 9.17) is 5.11 Å². The Bertz CT molecular complexity index is 434. The molecule has 1 aliphatic rings. The summed E-state index contributed by atoms with van der Waals surface area (Å²) >= 11 is 0. The van der Waals surface area contributed by atoms with Crippen molar-refractivity contribution in [1.82, 2.24) is 9.97 Å². The Balaban J connectivity index is 1.86. The van der Waals surface area contributed by atoms with Gasteiger partial charge in [0.2, 0.25) is 0 Å². The number of nitrogens with zero attached hydrogens (tertiary/aromatic N) is 3. The molecule has 0 spiro atoms. The molecule has 1 aromatic heterocycles. The predicted molar refractivity (Wildman–Crippen MR) is 73.4 cm³/mol. The first-order valence-corrected chi connectivity index (χ1v) is 6.64. The van der Waals surface area contributed by atoms with Crippen molar-refractivity contribution < 1.29 is 9.90 Å². The Morgan fingerprint density at radius 3 is 2.95 bits per heavy atom. The zero-order valence-electron chi connectivity index (χ0n) is 11.2. The molecule has 1 aliphatic carbocycles. The maximum Gasteiger partial charge on any atom is 0.322 e. The van der Waals surface area contributed by atoms with Gasteiger partial charge in [-0.15, -0.1) is 0 Å². The average molecular weight is 264 g/mol. The lowest BCUT2D eigenvalue weighted by Gasteiger charge is -2.28. The van der Waals surface area contributed by atoms with Crippen LogP contribution >= 0.6 is 0 Å². The number of carboxylic acid groups (broad SMARTS) is 1. The van der Waals surface area contributed by atoms with Gasteiger partial charge in [-0.05, 0) is 12.3 Å². The van der Waals surface area contributed by atoms with E-state index in [1.807, 2.05) is 7.05 Å². The van der Waals surface area contributed by atoms with Gasteiger partial charge in [0, 0.05) is 19.7 Å². The van der Waals surface area contributed by atoms with E-state index in [9.17, 15) is 4.79 Å². The second-order valence-electron chi connectivity index (χ2n) is 5.02. The SMILES string of the molecule is CN(CCC1CCC1)c1cc(NCC(=O)O)ncn1. The first kappa shape index (κ1) is 13.6. The molecule has 19 heavy (non-hydrogen) atoms. The fraction of sp³-hybridized carbons (Fsp3) is 0.615. The fourth-order valence-electron chi connectivity index (χ4n) is 2.09. The molecule has 0 radical (unpaired) electrons. The molecular formula is C13H20N4O2.